The van der Waals surface area contributed by atoms with Crippen molar-refractivity contribution in [2.24, 2.45) is 0 Å². The lowest BCUT2D eigenvalue weighted by molar-refractivity contribution is 0.819. The first-order valence-corrected chi connectivity index (χ1v) is 12.9. The molecule has 0 radical (unpaired) electrons. The van der Waals surface area contributed by atoms with Gasteiger partial charge in [-0.2, -0.15) is 0 Å². The highest BCUT2D eigenvalue weighted by atomic mass is 32.2. The maximum absolute atomic E-state index is 13.7. The highest BCUT2D eigenvalue weighted by molar-refractivity contribution is 7.98. The molecule has 1 aliphatic carbocycles. The summed E-state index contributed by atoms with van der Waals surface area (Å²) < 4.78 is 2.99. The average molecular weight is 462 g/mol. The van der Waals surface area contributed by atoms with Crippen molar-refractivity contribution in [3.05, 3.63) is 79.9 Å². The fraction of sp³-hybridized carbons (Fsp3) is 0.208. The standard InChI is InChI=1S/C24H19N3OS3/c1-14-6-4-7-15(12-14)27-23(28)21-16-8-5-11-18(16)31-22(21)26-24(27)29-13-20-25-17-9-2-3-10-19(17)30-20/h2-4,6-7,9-10,12H,5,8,11,13H2,1H3. The highest BCUT2D eigenvalue weighted by Gasteiger charge is 2.24. The number of hydrogen-bond acceptors (Lipinski definition) is 6. The van der Waals surface area contributed by atoms with Crippen molar-refractivity contribution in [2.45, 2.75) is 37.1 Å². The van der Waals surface area contributed by atoms with Crippen molar-refractivity contribution in [3.63, 3.8) is 0 Å². The van der Waals surface area contributed by atoms with E-state index in [9.17, 15) is 4.79 Å². The third-order valence-electron chi connectivity index (χ3n) is 5.63. The van der Waals surface area contributed by atoms with Crippen LogP contribution >= 0.6 is 34.4 Å². The Kier molecular flexibility index (Phi) is 4.70. The summed E-state index contributed by atoms with van der Waals surface area (Å²) in [7, 11) is 0. The SMILES string of the molecule is Cc1cccc(-n2c(SCc3nc4ccccc4s3)nc3sc4c(c3c2=O)CCC4)c1. The van der Waals surface area contributed by atoms with Gasteiger partial charge in [-0.15, -0.1) is 22.7 Å². The van der Waals surface area contributed by atoms with E-state index in [-0.39, 0.29) is 5.56 Å². The van der Waals surface area contributed by atoms with Crippen LogP contribution in [0.15, 0.2) is 58.5 Å². The molecule has 0 saturated heterocycles. The van der Waals surface area contributed by atoms with E-state index in [1.165, 1.54) is 15.1 Å². The Labute approximate surface area is 191 Å². The number of thiophene rings is 1. The molecule has 0 unspecified atom stereocenters. The monoisotopic (exact) mass is 461 g/mol. The quantitative estimate of drug-likeness (QED) is 0.238. The summed E-state index contributed by atoms with van der Waals surface area (Å²) in [6.45, 7) is 2.05. The molecule has 3 heterocycles. The van der Waals surface area contributed by atoms with Crippen LogP contribution in [0.3, 0.4) is 0 Å². The predicted octanol–water partition coefficient (Wildman–Crippen LogP) is 6.15. The molecule has 6 rings (SSSR count). The minimum Gasteiger partial charge on any atom is -0.268 e. The van der Waals surface area contributed by atoms with Crippen LogP contribution in [0.5, 0.6) is 0 Å². The van der Waals surface area contributed by atoms with Crippen LogP contribution in [-0.2, 0) is 18.6 Å². The Morgan fingerprint density at radius 1 is 1.06 bits per heavy atom. The first-order valence-electron chi connectivity index (χ1n) is 10.3. The van der Waals surface area contributed by atoms with Crippen molar-refractivity contribution in [1.82, 2.24) is 14.5 Å². The zero-order chi connectivity index (χ0) is 20.9. The number of aryl methyl sites for hydroxylation is 3. The van der Waals surface area contributed by atoms with Crippen LogP contribution < -0.4 is 5.56 Å². The number of rotatable bonds is 4. The maximum Gasteiger partial charge on any atom is 0.267 e. The van der Waals surface area contributed by atoms with Crippen molar-refractivity contribution in [2.75, 3.05) is 0 Å². The molecule has 5 aromatic rings. The second kappa shape index (κ2) is 7.58. The van der Waals surface area contributed by atoms with Gasteiger partial charge in [0.2, 0.25) is 0 Å². The summed E-state index contributed by atoms with van der Waals surface area (Å²) in [6, 6.07) is 16.3. The van der Waals surface area contributed by atoms with E-state index in [1.54, 1.807) is 39.0 Å². The molecule has 0 bridgehead atoms. The fourth-order valence-electron chi connectivity index (χ4n) is 4.22. The van der Waals surface area contributed by atoms with Gasteiger partial charge in [-0.3, -0.25) is 9.36 Å². The minimum atomic E-state index is 0.0572. The first-order chi connectivity index (χ1) is 15.2. The molecular weight excluding hydrogens is 442 g/mol. The van der Waals surface area contributed by atoms with Gasteiger partial charge in [0.15, 0.2) is 5.16 Å². The van der Waals surface area contributed by atoms with Crippen molar-refractivity contribution < 1.29 is 0 Å². The van der Waals surface area contributed by atoms with Gasteiger partial charge in [-0.25, -0.2) is 9.97 Å². The van der Waals surface area contributed by atoms with Crippen LogP contribution in [0.4, 0.5) is 0 Å². The van der Waals surface area contributed by atoms with Crippen LogP contribution in [0.25, 0.3) is 26.1 Å². The van der Waals surface area contributed by atoms with Gasteiger partial charge in [0.25, 0.3) is 5.56 Å². The summed E-state index contributed by atoms with van der Waals surface area (Å²) in [4.78, 5) is 25.7. The predicted molar refractivity (Wildman–Crippen MR) is 131 cm³/mol. The van der Waals surface area contributed by atoms with E-state index < -0.39 is 0 Å². The van der Waals surface area contributed by atoms with E-state index in [4.69, 9.17) is 9.97 Å². The molecule has 0 spiro atoms. The molecule has 154 valence electrons. The fourth-order valence-corrected chi connectivity index (χ4v) is 7.50. The summed E-state index contributed by atoms with van der Waals surface area (Å²) in [5.41, 5.74) is 4.31. The largest absolute Gasteiger partial charge is 0.268 e. The Morgan fingerprint density at radius 2 is 1.97 bits per heavy atom. The number of para-hydroxylation sites is 1. The van der Waals surface area contributed by atoms with Gasteiger partial charge in [0, 0.05) is 4.88 Å². The molecule has 3 aromatic heterocycles. The topological polar surface area (TPSA) is 47.8 Å². The lowest BCUT2D eigenvalue weighted by Crippen LogP contribution is -2.22. The van der Waals surface area contributed by atoms with Gasteiger partial charge < -0.3 is 0 Å². The van der Waals surface area contributed by atoms with Gasteiger partial charge in [0.1, 0.15) is 9.84 Å². The molecule has 2 aromatic carbocycles. The lowest BCUT2D eigenvalue weighted by atomic mass is 10.2. The van der Waals surface area contributed by atoms with Gasteiger partial charge in [0.05, 0.1) is 27.0 Å². The summed E-state index contributed by atoms with van der Waals surface area (Å²) in [5.74, 6) is 0.689. The molecular formula is C24H19N3OS3. The van der Waals surface area contributed by atoms with E-state index in [1.807, 2.05) is 30.3 Å². The van der Waals surface area contributed by atoms with Crippen molar-refractivity contribution in [3.8, 4) is 5.69 Å². The number of fused-ring (bicyclic) bond motifs is 4. The van der Waals surface area contributed by atoms with Crippen LogP contribution in [-0.4, -0.2) is 14.5 Å². The summed E-state index contributed by atoms with van der Waals surface area (Å²) >= 11 is 4.99. The molecule has 0 aliphatic heterocycles. The van der Waals surface area contributed by atoms with Gasteiger partial charge >= 0.3 is 0 Å². The number of aromatic nitrogens is 3. The maximum atomic E-state index is 13.7. The smallest absolute Gasteiger partial charge is 0.267 e. The molecule has 31 heavy (non-hydrogen) atoms. The van der Waals surface area contributed by atoms with Gasteiger partial charge in [-0.05, 0) is 61.6 Å². The molecule has 0 amide bonds. The molecule has 7 heteroatoms. The van der Waals surface area contributed by atoms with Crippen LogP contribution in [0, 0.1) is 6.92 Å². The summed E-state index contributed by atoms with van der Waals surface area (Å²) in [6.07, 6.45) is 3.18. The normalized spacial score (nSPS) is 13.3. The second-order valence-corrected chi connectivity index (χ2v) is 10.9. The molecule has 0 atom stereocenters. The first kappa shape index (κ1) is 19.2. The van der Waals surface area contributed by atoms with E-state index >= 15 is 0 Å². The van der Waals surface area contributed by atoms with Crippen molar-refractivity contribution >= 4 is 54.9 Å². The molecule has 1 aliphatic rings. The molecule has 4 nitrogen and oxygen atoms in total. The third-order valence-corrected chi connectivity index (χ3v) is 8.99. The Bertz CT molecular complexity index is 1480. The van der Waals surface area contributed by atoms with E-state index in [0.717, 1.165) is 56.4 Å². The van der Waals surface area contributed by atoms with E-state index in [0.29, 0.717) is 5.75 Å². The minimum absolute atomic E-state index is 0.0572. The average Bonchev–Trinajstić information content (AvgIpc) is 3.45. The zero-order valence-corrected chi connectivity index (χ0v) is 19.4. The van der Waals surface area contributed by atoms with Gasteiger partial charge in [-0.1, -0.05) is 36.0 Å². The third kappa shape index (κ3) is 3.32. The number of hydrogen-bond donors (Lipinski definition) is 0. The number of benzene rings is 2. The number of thioether (sulfide) groups is 1. The highest BCUT2D eigenvalue weighted by Crippen LogP contribution is 2.37. The number of nitrogens with zero attached hydrogens (tertiary/aromatic N) is 3. The molecule has 0 N–H and O–H groups in total. The Hall–Kier alpha value is -2.48. The number of thiazole rings is 1. The lowest BCUT2D eigenvalue weighted by Gasteiger charge is -2.12. The Morgan fingerprint density at radius 3 is 2.84 bits per heavy atom. The summed E-state index contributed by atoms with van der Waals surface area (Å²) in [5, 5.41) is 2.61. The Balaban J connectivity index is 1.48. The van der Waals surface area contributed by atoms with E-state index in [2.05, 4.69) is 25.1 Å². The second-order valence-electron chi connectivity index (χ2n) is 7.78. The van der Waals surface area contributed by atoms with Crippen LogP contribution in [0.2, 0.25) is 0 Å². The molecule has 0 saturated carbocycles. The van der Waals surface area contributed by atoms with Crippen LogP contribution in [0.1, 0.15) is 27.4 Å². The molecule has 0 fully saturated rings. The zero-order valence-electron chi connectivity index (χ0n) is 16.9. The van der Waals surface area contributed by atoms with Crippen molar-refractivity contribution in [1.29, 1.82) is 0 Å².